The first-order valence-electron chi connectivity index (χ1n) is 13.5. The number of fused-ring (bicyclic) bond motifs is 2. The van der Waals surface area contributed by atoms with Gasteiger partial charge in [-0.25, -0.2) is 13.5 Å². The standard InChI is InChI=1S/C28H33F2N7O2/c1-17-15-36(28-26-21(9-10-24(38)34(26)3)33-37(28)25-6-4-5-13-39-25)23(27(29)30)16-35(17)18(2)19-7-8-20-22(14-19)32-12-11-31-20/h7-12,14,17-18,23,25,27H,4-6,13,15-16H2,1-3H3/t17-,18?,23-,25?/m1/s1. The molecule has 2 saturated heterocycles. The van der Waals surface area contributed by atoms with E-state index in [1.807, 2.05) is 25.1 Å². The lowest BCUT2D eigenvalue weighted by molar-refractivity contribution is -0.0393. The lowest BCUT2D eigenvalue weighted by Gasteiger charge is -2.48. The van der Waals surface area contributed by atoms with Crippen LogP contribution in [0.15, 0.2) is 47.5 Å². The Hall–Kier alpha value is -3.44. The largest absolute Gasteiger partial charge is 0.356 e. The number of alkyl halides is 2. The van der Waals surface area contributed by atoms with Gasteiger partial charge in [-0.1, -0.05) is 6.07 Å². The summed E-state index contributed by atoms with van der Waals surface area (Å²) in [5, 5.41) is 4.78. The van der Waals surface area contributed by atoms with Gasteiger partial charge < -0.3 is 14.2 Å². The molecule has 2 unspecified atom stereocenters. The minimum Gasteiger partial charge on any atom is -0.356 e. The maximum absolute atomic E-state index is 14.9. The van der Waals surface area contributed by atoms with Crippen LogP contribution in [-0.2, 0) is 11.8 Å². The second-order valence-electron chi connectivity index (χ2n) is 10.6. The fourth-order valence-corrected chi connectivity index (χ4v) is 6.08. The molecule has 0 radical (unpaired) electrons. The van der Waals surface area contributed by atoms with Crippen molar-refractivity contribution in [2.75, 3.05) is 24.6 Å². The number of hydrogen-bond donors (Lipinski definition) is 0. The first-order valence-corrected chi connectivity index (χ1v) is 13.5. The monoisotopic (exact) mass is 537 g/mol. The molecule has 3 aromatic heterocycles. The minimum atomic E-state index is -2.61. The maximum atomic E-state index is 14.9. The summed E-state index contributed by atoms with van der Waals surface area (Å²) in [6, 6.07) is 7.78. The normalized spacial score (nSPS) is 23.6. The van der Waals surface area contributed by atoms with Crippen molar-refractivity contribution in [1.82, 2.24) is 29.2 Å². The van der Waals surface area contributed by atoms with Crippen LogP contribution >= 0.6 is 0 Å². The number of pyridine rings is 1. The molecule has 0 N–H and O–H groups in total. The lowest BCUT2D eigenvalue weighted by atomic mass is 9.99. The Balaban J connectivity index is 1.40. The number of rotatable bonds is 5. The van der Waals surface area contributed by atoms with E-state index in [4.69, 9.17) is 9.84 Å². The first-order chi connectivity index (χ1) is 18.8. The molecule has 2 fully saturated rings. The van der Waals surface area contributed by atoms with Crippen molar-refractivity contribution >= 4 is 27.9 Å². The second-order valence-corrected chi connectivity index (χ2v) is 10.6. The zero-order chi connectivity index (χ0) is 27.3. The molecule has 0 amide bonds. The fourth-order valence-electron chi connectivity index (χ4n) is 6.08. The third-order valence-corrected chi connectivity index (χ3v) is 8.23. The van der Waals surface area contributed by atoms with Crippen LogP contribution in [0.3, 0.4) is 0 Å². The van der Waals surface area contributed by atoms with Crippen molar-refractivity contribution in [1.29, 1.82) is 0 Å². The van der Waals surface area contributed by atoms with Gasteiger partial charge in [-0.15, -0.1) is 0 Å². The summed E-state index contributed by atoms with van der Waals surface area (Å²) in [5.41, 5.74) is 3.53. The van der Waals surface area contributed by atoms with Gasteiger partial charge in [-0.3, -0.25) is 19.7 Å². The minimum absolute atomic E-state index is 0.0565. The van der Waals surface area contributed by atoms with Crippen LogP contribution in [0.2, 0.25) is 0 Å². The van der Waals surface area contributed by atoms with Crippen LogP contribution in [-0.4, -0.2) is 67.4 Å². The number of anilines is 1. The second kappa shape index (κ2) is 10.3. The summed E-state index contributed by atoms with van der Waals surface area (Å²) in [6.07, 6.45) is 3.01. The van der Waals surface area contributed by atoms with E-state index in [1.54, 1.807) is 35.1 Å². The molecule has 0 saturated carbocycles. The topological polar surface area (TPSA) is 81.3 Å². The van der Waals surface area contributed by atoms with Crippen molar-refractivity contribution in [3.8, 4) is 0 Å². The predicted octanol–water partition coefficient (Wildman–Crippen LogP) is 4.28. The molecule has 1 aromatic carbocycles. The lowest BCUT2D eigenvalue weighted by Crippen LogP contribution is -2.61. The molecular weight excluding hydrogens is 504 g/mol. The van der Waals surface area contributed by atoms with E-state index < -0.39 is 12.5 Å². The van der Waals surface area contributed by atoms with Gasteiger partial charge in [-0.2, -0.15) is 5.10 Å². The van der Waals surface area contributed by atoms with Crippen molar-refractivity contribution in [2.45, 2.75) is 63.9 Å². The number of benzene rings is 1. The van der Waals surface area contributed by atoms with Crippen LogP contribution in [0.25, 0.3) is 22.1 Å². The molecule has 2 aliphatic rings. The maximum Gasteiger partial charge on any atom is 0.259 e. The predicted molar refractivity (Wildman–Crippen MR) is 145 cm³/mol. The Morgan fingerprint density at radius 1 is 1.03 bits per heavy atom. The number of halogens is 2. The Morgan fingerprint density at radius 3 is 2.54 bits per heavy atom. The number of hydrogen-bond acceptors (Lipinski definition) is 7. The van der Waals surface area contributed by atoms with E-state index in [-0.39, 0.29) is 30.4 Å². The molecule has 11 heteroatoms. The summed E-state index contributed by atoms with van der Waals surface area (Å²) in [7, 11) is 1.67. The van der Waals surface area contributed by atoms with Crippen molar-refractivity contribution in [3.05, 3.63) is 58.6 Å². The van der Waals surface area contributed by atoms with Gasteiger partial charge in [0, 0.05) is 57.3 Å². The molecule has 0 spiro atoms. The van der Waals surface area contributed by atoms with E-state index in [0.29, 0.717) is 30.0 Å². The summed E-state index contributed by atoms with van der Waals surface area (Å²) < 4.78 is 39.0. The summed E-state index contributed by atoms with van der Waals surface area (Å²) in [4.78, 5) is 25.3. The molecule has 5 heterocycles. The molecule has 0 bridgehead atoms. The van der Waals surface area contributed by atoms with Gasteiger partial charge in [0.05, 0.1) is 11.0 Å². The summed E-state index contributed by atoms with van der Waals surface area (Å²) in [6.45, 7) is 5.20. The van der Waals surface area contributed by atoms with Crippen LogP contribution in [0.4, 0.5) is 14.6 Å². The molecule has 9 nitrogen and oxygen atoms in total. The van der Waals surface area contributed by atoms with E-state index >= 15 is 0 Å². The highest BCUT2D eigenvalue weighted by atomic mass is 19.3. The quantitative estimate of drug-likeness (QED) is 0.376. The third-order valence-electron chi connectivity index (χ3n) is 8.23. The van der Waals surface area contributed by atoms with E-state index in [1.165, 1.54) is 10.6 Å². The average molecular weight is 538 g/mol. The fraction of sp³-hybridized carbons (Fsp3) is 0.500. The summed E-state index contributed by atoms with van der Waals surface area (Å²) in [5.74, 6) is 0.530. The molecule has 4 atom stereocenters. The number of aryl methyl sites for hydroxylation is 1. The van der Waals surface area contributed by atoms with Crippen LogP contribution in [0.1, 0.15) is 50.9 Å². The van der Waals surface area contributed by atoms with Gasteiger partial charge in [0.15, 0.2) is 12.0 Å². The Kier molecular flexibility index (Phi) is 6.80. The molecule has 4 aromatic rings. The Bertz CT molecular complexity index is 1550. The van der Waals surface area contributed by atoms with Gasteiger partial charge >= 0.3 is 0 Å². The van der Waals surface area contributed by atoms with E-state index in [9.17, 15) is 13.6 Å². The first kappa shape index (κ1) is 25.8. The average Bonchev–Trinajstić information content (AvgIpc) is 3.35. The van der Waals surface area contributed by atoms with Gasteiger partial charge in [0.25, 0.3) is 12.0 Å². The van der Waals surface area contributed by atoms with Crippen molar-refractivity contribution in [3.63, 3.8) is 0 Å². The number of piperazine rings is 1. The SMILES string of the molecule is CC(c1ccc2nccnc2c1)N1C[C@H](C(F)F)N(c2c3c(ccc(=O)n3C)nn2C2CCCCO2)C[C@H]1C. The highest BCUT2D eigenvalue weighted by Crippen LogP contribution is 2.38. The van der Waals surface area contributed by atoms with Gasteiger partial charge in [-0.05, 0) is 56.9 Å². The molecule has 39 heavy (non-hydrogen) atoms. The van der Waals surface area contributed by atoms with Crippen molar-refractivity contribution in [2.24, 2.45) is 7.05 Å². The van der Waals surface area contributed by atoms with Gasteiger partial charge in [0.1, 0.15) is 17.1 Å². The Morgan fingerprint density at radius 2 is 1.79 bits per heavy atom. The number of nitrogens with zero attached hydrogens (tertiary/aromatic N) is 7. The van der Waals surface area contributed by atoms with Crippen LogP contribution < -0.4 is 10.5 Å². The Labute approximate surface area is 225 Å². The van der Waals surface area contributed by atoms with Crippen LogP contribution in [0.5, 0.6) is 0 Å². The molecule has 206 valence electrons. The molecular formula is C28H33F2N7O2. The van der Waals surface area contributed by atoms with E-state index in [2.05, 4.69) is 21.8 Å². The number of ether oxygens (including phenoxy) is 1. The van der Waals surface area contributed by atoms with Gasteiger partial charge in [0.2, 0.25) is 0 Å². The zero-order valence-electron chi connectivity index (χ0n) is 22.4. The molecule has 6 rings (SSSR count). The smallest absolute Gasteiger partial charge is 0.259 e. The van der Waals surface area contributed by atoms with E-state index in [0.717, 1.165) is 35.9 Å². The molecule has 2 aliphatic heterocycles. The molecule has 0 aliphatic carbocycles. The third kappa shape index (κ3) is 4.57. The highest BCUT2D eigenvalue weighted by molar-refractivity contribution is 5.87. The number of aromatic nitrogens is 5. The zero-order valence-corrected chi connectivity index (χ0v) is 22.4. The summed E-state index contributed by atoms with van der Waals surface area (Å²) >= 11 is 0. The highest BCUT2D eigenvalue weighted by Gasteiger charge is 2.42. The van der Waals surface area contributed by atoms with Crippen molar-refractivity contribution < 1.29 is 13.5 Å². The van der Waals surface area contributed by atoms with Crippen LogP contribution in [0, 0.1) is 0 Å².